The molecular weight excluding hydrogens is 292 g/mol. The number of nitrogens with one attached hydrogen (secondary N) is 1. The molecule has 4 aliphatic carbocycles. The summed E-state index contributed by atoms with van der Waals surface area (Å²) >= 11 is 0. The summed E-state index contributed by atoms with van der Waals surface area (Å²) in [4.78, 5) is 26.5. The van der Waals surface area contributed by atoms with Crippen LogP contribution in [0.1, 0.15) is 51.9 Å². The molecule has 4 saturated carbocycles. The Morgan fingerprint density at radius 3 is 2.17 bits per heavy atom. The van der Waals surface area contributed by atoms with Gasteiger partial charge in [-0.15, -0.1) is 0 Å². The van der Waals surface area contributed by atoms with Crippen LogP contribution >= 0.6 is 0 Å². The van der Waals surface area contributed by atoms with Gasteiger partial charge in [0.1, 0.15) is 0 Å². The summed E-state index contributed by atoms with van der Waals surface area (Å²) in [7, 11) is 0. The van der Waals surface area contributed by atoms with E-state index in [1.165, 1.54) is 19.3 Å². The molecule has 0 aromatic rings. The van der Waals surface area contributed by atoms with Crippen LogP contribution in [0.25, 0.3) is 0 Å². The quantitative estimate of drug-likeness (QED) is 0.747. The minimum atomic E-state index is -0.132. The van der Waals surface area contributed by atoms with Crippen molar-refractivity contribution in [1.82, 2.24) is 10.2 Å². The minimum absolute atomic E-state index is 0.00682. The van der Waals surface area contributed by atoms with Gasteiger partial charge in [-0.05, 0) is 63.2 Å². The molecule has 0 heterocycles. The Labute approximate surface area is 138 Å². The second-order valence-corrected chi connectivity index (χ2v) is 7.90. The van der Waals surface area contributed by atoms with E-state index in [2.05, 4.69) is 5.32 Å². The van der Waals surface area contributed by atoms with Crippen LogP contribution in [0.15, 0.2) is 0 Å². The molecule has 130 valence electrons. The monoisotopic (exact) mass is 322 g/mol. The standard InChI is InChI=1S/C18H30N2O3/c1-2-20(5-6-21)16(22)3-4-19-17(23)18-10-13-7-14(11-18)9-15(8-13)12-18/h13-15,21H,2-12H2,1H3,(H,19,23). The number of hydrogen-bond acceptors (Lipinski definition) is 3. The van der Waals surface area contributed by atoms with Crippen molar-refractivity contribution in [1.29, 1.82) is 0 Å². The number of hydrogen-bond donors (Lipinski definition) is 2. The van der Waals surface area contributed by atoms with Crippen LogP contribution in [0, 0.1) is 23.2 Å². The first kappa shape index (κ1) is 16.7. The fourth-order valence-electron chi connectivity index (χ4n) is 5.60. The number of likely N-dealkylation sites (N-methyl/N-ethyl adjacent to an activating group) is 1. The van der Waals surface area contributed by atoms with Gasteiger partial charge in [0.2, 0.25) is 11.8 Å². The summed E-state index contributed by atoms with van der Waals surface area (Å²) in [5.41, 5.74) is -0.132. The molecule has 0 aliphatic heterocycles. The Balaban J connectivity index is 1.49. The largest absolute Gasteiger partial charge is 0.395 e. The first-order valence-electron chi connectivity index (χ1n) is 9.23. The van der Waals surface area contributed by atoms with E-state index in [-0.39, 0.29) is 23.8 Å². The van der Waals surface area contributed by atoms with E-state index >= 15 is 0 Å². The van der Waals surface area contributed by atoms with Gasteiger partial charge in [0.25, 0.3) is 0 Å². The predicted molar refractivity (Wildman–Crippen MR) is 87.6 cm³/mol. The molecule has 23 heavy (non-hydrogen) atoms. The highest BCUT2D eigenvalue weighted by atomic mass is 16.3. The molecule has 4 aliphatic rings. The van der Waals surface area contributed by atoms with Crippen molar-refractivity contribution in [2.24, 2.45) is 23.2 Å². The van der Waals surface area contributed by atoms with Crippen LogP contribution in [-0.4, -0.2) is 48.1 Å². The third-order valence-electron chi connectivity index (χ3n) is 6.25. The fourth-order valence-corrected chi connectivity index (χ4v) is 5.60. The highest BCUT2D eigenvalue weighted by Gasteiger charge is 2.54. The van der Waals surface area contributed by atoms with Gasteiger partial charge in [0, 0.05) is 31.5 Å². The molecule has 0 spiro atoms. The maximum absolute atomic E-state index is 12.8. The SMILES string of the molecule is CCN(CCO)C(=O)CCNC(=O)C12CC3CC(CC(C3)C1)C2. The Hall–Kier alpha value is -1.10. The molecule has 5 nitrogen and oxygen atoms in total. The van der Waals surface area contributed by atoms with Crippen LogP contribution in [0.5, 0.6) is 0 Å². The molecule has 0 saturated heterocycles. The number of carbonyl (C=O) groups is 2. The number of aliphatic hydroxyl groups excluding tert-OH is 1. The summed E-state index contributed by atoms with van der Waals surface area (Å²) in [5, 5.41) is 12.0. The van der Waals surface area contributed by atoms with Crippen LogP contribution < -0.4 is 5.32 Å². The highest BCUT2D eigenvalue weighted by molar-refractivity contribution is 5.84. The smallest absolute Gasteiger partial charge is 0.226 e. The molecular formula is C18H30N2O3. The molecule has 0 aromatic heterocycles. The Morgan fingerprint density at radius 1 is 1.13 bits per heavy atom. The average Bonchev–Trinajstić information content (AvgIpc) is 2.51. The van der Waals surface area contributed by atoms with Crippen LogP contribution in [0.3, 0.4) is 0 Å². The highest BCUT2D eigenvalue weighted by Crippen LogP contribution is 2.60. The molecule has 4 fully saturated rings. The van der Waals surface area contributed by atoms with E-state index in [1.54, 1.807) is 4.90 Å². The summed E-state index contributed by atoms with van der Waals surface area (Å²) in [5.74, 6) is 2.47. The molecule has 4 rings (SSSR count). The normalized spacial score (nSPS) is 34.4. The summed E-state index contributed by atoms with van der Waals surface area (Å²) < 4.78 is 0. The van der Waals surface area contributed by atoms with Gasteiger partial charge in [-0.3, -0.25) is 9.59 Å². The van der Waals surface area contributed by atoms with Gasteiger partial charge in [0.15, 0.2) is 0 Å². The van der Waals surface area contributed by atoms with Gasteiger partial charge in [-0.25, -0.2) is 0 Å². The lowest BCUT2D eigenvalue weighted by Gasteiger charge is -2.55. The maximum atomic E-state index is 12.8. The van der Waals surface area contributed by atoms with Crippen LogP contribution in [-0.2, 0) is 9.59 Å². The van der Waals surface area contributed by atoms with Crippen molar-refractivity contribution in [3.63, 3.8) is 0 Å². The van der Waals surface area contributed by atoms with E-state index in [0.29, 0.717) is 26.1 Å². The number of carbonyl (C=O) groups excluding carboxylic acids is 2. The molecule has 0 atom stereocenters. The van der Waals surface area contributed by atoms with E-state index in [4.69, 9.17) is 5.11 Å². The van der Waals surface area contributed by atoms with Crippen molar-refractivity contribution in [2.45, 2.75) is 51.9 Å². The number of amides is 2. The van der Waals surface area contributed by atoms with Gasteiger partial charge in [0.05, 0.1) is 6.61 Å². The van der Waals surface area contributed by atoms with E-state index in [9.17, 15) is 9.59 Å². The lowest BCUT2D eigenvalue weighted by molar-refractivity contribution is -0.146. The summed E-state index contributed by atoms with van der Waals surface area (Å²) in [6.45, 7) is 3.28. The van der Waals surface area contributed by atoms with E-state index in [0.717, 1.165) is 37.0 Å². The summed E-state index contributed by atoms with van der Waals surface area (Å²) in [6, 6.07) is 0. The van der Waals surface area contributed by atoms with E-state index < -0.39 is 0 Å². The van der Waals surface area contributed by atoms with Crippen molar-refractivity contribution < 1.29 is 14.7 Å². The fraction of sp³-hybridized carbons (Fsp3) is 0.889. The Morgan fingerprint density at radius 2 is 1.70 bits per heavy atom. The number of rotatable bonds is 7. The second-order valence-electron chi connectivity index (χ2n) is 7.90. The molecule has 0 aromatic carbocycles. The molecule has 2 amide bonds. The van der Waals surface area contributed by atoms with Crippen molar-refractivity contribution >= 4 is 11.8 Å². The Bertz CT molecular complexity index is 428. The van der Waals surface area contributed by atoms with Crippen molar-refractivity contribution in [3.05, 3.63) is 0 Å². The predicted octanol–water partition coefficient (Wildman–Crippen LogP) is 1.55. The van der Waals surface area contributed by atoms with Crippen molar-refractivity contribution in [3.8, 4) is 0 Å². The van der Waals surface area contributed by atoms with Gasteiger partial charge >= 0.3 is 0 Å². The van der Waals surface area contributed by atoms with E-state index in [1.807, 2.05) is 6.92 Å². The second kappa shape index (κ2) is 6.80. The zero-order valence-corrected chi connectivity index (χ0v) is 14.2. The topological polar surface area (TPSA) is 69.6 Å². The van der Waals surface area contributed by atoms with Crippen molar-refractivity contribution in [2.75, 3.05) is 26.2 Å². The van der Waals surface area contributed by atoms with Gasteiger partial charge in [-0.2, -0.15) is 0 Å². The number of nitrogens with zero attached hydrogens (tertiary/aromatic N) is 1. The lowest BCUT2D eigenvalue weighted by Crippen LogP contribution is -2.53. The van der Waals surface area contributed by atoms with Gasteiger partial charge in [-0.1, -0.05) is 0 Å². The zero-order valence-electron chi connectivity index (χ0n) is 14.2. The molecule has 4 bridgehead atoms. The average molecular weight is 322 g/mol. The molecule has 2 N–H and O–H groups in total. The molecule has 5 heteroatoms. The Kier molecular flexibility index (Phi) is 4.95. The molecule has 0 unspecified atom stereocenters. The summed E-state index contributed by atoms with van der Waals surface area (Å²) in [6.07, 6.45) is 7.50. The minimum Gasteiger partial charge on any atom is -0.395 e. The third-order valence-corrected chi connectivity index (χ3v) is 6.25. The molecule has 0 radical (unpaired) electrons. The third kappa shape index (κ3) is 3.39. The number of aliphatic hydroxyl groups is 1. The first-order valence-corrected chi connectivity index (χ1v) is 9.23. The maximum Gasteiger partial charge on any atom is 0.226 e. The van der Waals surface area contributed by atoms with Crippen LogP contribution in [0.2, 0.25) is 0 Å². The van der Waals surface area contributed by atoms with Crippen LogP contribution in [0.4, 0.5) is 0 Å². The van der Waals surface area contributed by atoms with Gasteiger partial charge < -0.3 is 15.3 Å². The first-order chi connectivity index (χ1) is 11.1. The lowest BCUT2D eigenvalue weighted by atomic mass is 9.49. The zero-order chi connectivity index (χ0) is 16.4.